The molecule has 1 rings (SSSR count). The fraction of sp³-hybridized carbons (Fsp3) is 0.533. The van der Waals surface area contributed by atoms with Crippen LogP contribution in [0.1, 0.15) is 32.3 Å². The summed E-state index contributed by atoms with van der Waals surface area (Å²) in [5.74, 6) is 0.645. The van der Waals surface area contributed by atoms with Gasteiger partial charge in [0.1, 0.15) is 5.75 Å². The first-order valence-electron chi connectivity index (χ1n) is 6.63. The number of nitrogens with one attached hydrogen (secondary N) is 1. The number of esters is 1. The Balaban J connectivity index is 2.33. The van der Waals surface area contributed by atoms with Gasteiger partial charge in [-0.15, -0.1) is 0 Å². The van der Waals surface area contributed by atoms with E-state index in [-0.39, 0.29) is 5.97 Å². The second-order valence-corrected chi connectivity index (χ2v) is 4.71. The number of rotatable bonds is 8. The molecule has 4 heteroatoms. The van der Waals surface area contributed by atoms with Gasteiger partial charge in [-0.3, -0.25) is 4.79 Å². The van der Waals surface area contributed by atoms with Crippen molar-refractivity contribution in [3.8, 4) is 5.75 Å². The van der Waals surface area contributed by atoms with Crippen LogP contribution in [0.5, 0.6) is 5.75 Å². The van der Waals surface area contributed by atoms with Crippen LogP contribution in [0, 0.1) is 0 Å². The maximum absolute atomic E-state index is 10.9. The highest BCUT2D eigenvalue weighted by atomic mass is 16.5. The third-order valence-electron chi connectivity index (χ3n) is 2.63. The van der Waals surface area contributed by atoms with Gasteiger partial charge in [0, 0.05) is 19.0 Å². The molecule has 0 saturated heterocycles. The predicted octanol–water partition coefficient (Wildman–Crippen LogP) is 2.52. The van der Waals surface area contributed by atoms with Crippen molar-refractivity contribution in [2.24, 2.45) is 0 Å². The molecule has 1 aromatic carbocycles. The molecule has 0 aromatic heterocycles. The monoisotopic (exact) mass is 265 g/mol. The summed E-state index contributed by atoms with van der Waals surface area (Å²) < 4.78 is 10.2. The molecule has 0 aliphatic carbocycles. The number of hydrogen-bond acceptors (Lipinski definition) is 4. The average Bonchev–Trinajstić information content (AvgIpc) is 2.41. The molecule has 0 unspecified atom stereocenters. The molecule has 1 aromatic rings. The third-order valence-corrected chi connectivity index (χ3v) is 2.63. The summed E-state index contributed by atoms with van der Waals surface area (Å²) in [6.07, 6.45) is 1.06. The van der Waals surface area contributed by atoms with E-state index in [1.54, 1.807) is 0 Å². The zero-order valence-electron chi connectivity index (χ0n) is 11.9. The van der Waals surface area contributed by atoms with E-state index in [9.17, 15) is 4.79 Å². The Bertz CT molecular complexity index is 391. The third kappa shape index (κ3) is 6.82. The van der Waals surface area contributed by atoms with E-state index in [1.165, 1.54) is 12.7 Å². The van der Waals surface area contributed by atoms with Crippen LogP contribution in [-0.4, -0.2) is 25.7 Å². The molecular weight excluding hydrogens is 242 g/mol. The van der Waals surface area contributed by atoms with Crippen molar-refractivity contribution in [1.82, 2.24) is 5.32 Å². The smallest absolute Gasteiger partial charge is 0.305 e. The van der Waals surface area contributed by atoms with Crippen LogP contribution < -0.4 is 10.1 Å². The van der Waals surface area contributed by atoms with Crippen molar-refractivity contribution >= 4 is 5.97 Å². The van der Waals surface area contributed by atoms with E-state index in [1.807, 2.05) is 18.2 Å². The fourth-order valence-electron chi connectivity index (χ4n) is 1.58. The lowest BCUT2D eigenvalue weighted by Crippen LogP contribution is -2.21. The molecule has 4 nitrogen and oxygen atoms in total. The Kier molecular flexibility index (Phi) is 6.97. The standard InChI is InChI=1S/C15H23NO3/c1-12(2)16-11-13-6-4-7-14(10-13)19-9-5-8-15(17)18-3/h4,6-7,10,12,16H,5,8-9,11H2,1-3H3. The molecule has 0 saturated carbocycles. The zero-order chi connectivity index (χ0) is 14.1. The molecule has 0 fully saturated rings. The van der Waals surface area contributed by atoms with Crippen LogP contribution in [0.4, 0.5) is 0 Å². The number of ether oxygens (including phenoxy) is 2. The van der Waals surface area contributed by atoms with E-state index in [0.29, 0.717) is 25.5 Å². The first kappa shape index (κ1) is 15.5. The van der Waals surface area contributed by atoms with Gasteiger partial charge in [-0.25, -0.2) is 0 Å². The molecule has 0 aliphatic heterocycles. The molecule has 0 spiro atoms. The number of methoxy groups -OCH3 is 1. The minimum Gasteiger partial charge on any atom is -0.494 e. The van der Waals surface area contributed by atoms with Gasteiger partial charge in [0.05, 0.1) is 13.7 Å². The highest BCUT2D eigenvalue weighted by Gasteiger charge is 2.01. The van der Waals surface area contributed by atoms with Crippen molar-refractivity contribution in [2.75, 3.05) is 13.7 Å². The van der Waals surface area contributed by atoms with Gasteiger partial charge in [0.25, 0.3) is 0 Å². The average molecular weight is 265 g/mol. The number of carbonyl (C=O) groups excluding carboxylic acids is 1. The SMILES string of the molecule is COC(=O)CCCOc1cccc(CNC(C)C)c1. The Morgan fingerprint density at radius 3 is 2.84 bits per heavy atom. The largest absolute Gasteiger partial charge is 0.494 e. The summed E-state index contributed by atoms with van der Waals surface area (Å²) in [6.45, 7) is 5.59. The fourth-order valence-corrected chi connectivity index (χ4v) is 1.58. The van der Waals surface area contributed by atoms with Crippen LogP contribution in [0.25, 0.3) is 0 Å². The molecule has 0 radical (unpaired) electrons. The van der Waals surface area contributed by atoms with Crippen molar-refractivity contribution in [3.63, 3.8) is 0 Å². The lowest BCUT2D eigenvalue weighted by Gasteiger charge is -2.10. The molecule has 1 N–H and O–H groups in total. The lowest BCUT2D eigenvalue weighted by molar-refractivity contribution is -0.140. The number of carbonyl (C=O) groups is 1. The van der Waals surface area contributed by atoms with Gasteiger partial charge in [0.2, 0.25) is 0 Å². The molecule has 0 heterocycles. The first-order valence-corrected chi connectivity index (χ1v) is 6.63. The first-order chi connectivity index (χ1) is 9.11. The zero-order valence-corrected chi connectivity index (χ0v) is 11.9. The summed E-state index contributed by atoms with van der Waals surface area (Å²) in [4.78, 5) is 10.9. The topological polar surface area (TPSA) is 47.6 Å². The Labute approximate surface area is 115 Å². The maximum atomic E-state index is 10.9. The highest BCUT2D eigenvalue weighted by molar-refractivity contribution is 5.69. The van der Waals surface area contributed by atoms with Crippen LogP contribution in [-0.2, 0) is 16.1 Å². The summed E-state index contributed by atoms with van der Waals surface area (Å²) in [5, 5.41) is 3.36. The second kappa shape index (κ2) is 8.53. The lowest BCUT2D eigenvalue weighted by atomic mass is 10.2. The van der Waals surface area contributed by atoms with E-state index >= 15 is 0 Å². The van der Waals surface area contributed by atoms with Crippen LogP contribution >= 0.6 is 0 Å². The van der Waals surface area contributed by atoms with Gasteiger partial charge in [0.15, 0.2) is 0 Å². The summed E-state index contributed by atoms with van der Waals surface area (Å²) in [7, 11) is 1.40. The molecule has 0 atom stereocenters. The van der Waals surface area contributed by atoms with Crippen molar-refractivity contribution in [1.29, 1.82) is 0 Å². The Morgan fingerprint density at radius 2 is 2.16 bits per heavy atom. The molecular formula is C15H23NO3. The minimum absolute atomic E-state index is 0.196. The maximum Gasteiger partial charge on any atom is 0.305 e. The normalized spacial score (nSPS) is 10.5. The highest BCUT2D eigenvalue weighted by Crippen LogP contribution is 2.14. The van der Waals surface area contributed by atoms with Gasteiger partial charge < -0.3 is 14.8 Å². The van der Waals surface area contributed by atoms with Crippen LogP contribution in [0.15, 0.2) is 24.3 Å². The molecule has 0 aliphatic rings. The van der Waals surface area contributed by atoms with Crippen molar-refractivity contribution in [3.05, 3.63) is 29.8 Å². The number of benzene rings is 1. The Hall–Kier alpha value is -1.55. The van der Waals surface area contributed by atoms with Gasteiger partial charge in [-0.05, 0) is 24.1 Å². The van der Waals surface area contributed by atoms with Crippen molar-refractivity contribution in [2.45, 2.75) is 39.3 Å². The minimum atomic E-state index is -0.196. The van der Waals surface area contributed by atoms with E-state index in [0.717, 1.165) is 12.3 Å². The van der Waals surface area contributed by atoms with E-state index in [4.69, 9.17) is 4.74 Å². The summed E-state index contributed by atoms with van der Waals surface area (Å²) in [6, 6.07) is 8.46. The van der Waals surface area contributed by atoms with Crippen LogP contribution in [0.2, 0.25) is 0 Å². The number of hydrogen-bond donors (Lipinski definition) is 1. The summed E-state index contributed by atoms with van der Waals surface area (Å²) in [5.41, 5.74) is 1.19. The van der Waals surface area contributed by atoms with Gasteiger partial charge in [-0.2, -0.15) is 0 Å². The molecule has 106 valence electrons. The molecule has 19 heavy (non-hydrogen) atoms. The van der Waals surface area contributed by atoms with Crippen molar-refractivity contribution < 1.29 is 14.3 Å². The molecule has 0 amide bonds. The predicted molar refractivity (Wildman–Crippen MR) is 75.2 cm³/mol. The Morgan fingerprint density at radius 1 is 1.37 bits per heavy atom. The van der Waals surface area contributed by atoms with E-state index < -0.39 is 0 Å². The van der Waals surface area contributed by atoms with Crippen LogP contribution in [0.3, 0.4) is 0 Å². The quantitative estimate of drug-likeness (QED) is 0.579. The second-order valence-electron chi connectivity index (χ2n) is 4.71. The van der Waals surface area contributed by atoms with Gasteiger partial charge in [-0.1, -0.05) is 26.0 Å². The summed E-state index contributed by atoms with van der Waals surface area (Å²) >= 11 is 0. The van der Waals surface area contributed by atoms with E-state index in [2.05, 4.69) is 30.0 Å². The van der Waals surface area contributed by atoms with Gasteiger partial charge >= 0.3 is 5.97 Å². The molecule has 0 bridgehead atoms.